The number of hydrogen-bond donors (Lipinski definition) is 2. The lowest BCUT2D eigenvalue weighted by Crippen LogP contribution is -2.51. The molecule has 3 N–H and O–H groups in total. The molecule has 114 valence electrons. The molecule has 3 atom stereocenters. The molecule has 1 aromatic rings. The summed E-state index contributed by atoms with van der Waals surface area (Å²) in [6.45, 7) is 8.15. The number of rotatable bonds is 6. The molecule has 0 aliphatic heterocycles. The van der Waals surface area contributed by atoms with Crippen molar-refractivity contribution in [1.82, 2.24) is 5.32 Å². The number of halogens is 1. The van der Waals surface area contributed by atoms with Crippen LogP contribution in [0.25, 0.3) is 0 Å². The van der Waals surface area contributed by atoms with E-state index in [0.717, 1.165) is 18.4 Å². The van der Waals surface area contributed by atoms with Crippen LogP contribution in [0.2, 0.25) is 0 Å². The van der Waals surface area contributed by atoms with Gasteiger partial charge in [0.1, 0.15) is 5.54 Å². The summed E-state index contributed by atoms with van der Waals surface area (Å²) < 4.78 is 0. The highest BCUT2D eigenvalue weighted by Gasteiger charge is 2.31. The third kappa shape index (κ3) is 5.14. The van der Waals surface area contributed by atoms with Crippen LogP contribution in [0.3, 0.4) is 0 Å². The second kappa shape index (κ2) is 8.28. The maximum absolute atomic E-state index is 12.3. The van der Waals surface area contributed by atoms with Crippen molar-refractivity contribution in [1.29, 1.82) is 0 Å². The Balaban J connectivity index is 0.00000361. The molecule has 1 rings (SSSR count). The molecule has 0 saturated heterocycles. The maximum Gasteiger partial charge on any atom is 0.244 e. The fourth-order valence-corrected chi connectivity index (χ4v) is 2.12. The van der Waals surface area contributed by atoms with Gasteiger partial charge in [-0.25, -0.2) is 0 Å². The van der Waals surface area contributed by atoms with E-state index in [-0.39, 0.29) is 24.4 Å². The monoisotopic (exact) mass is 298 g/mol. The molecule has 3 unspecified atom stereocenters. The van der Waals surface area contributed by atoms with Crippen LogP contribution in [-0.2, 0) is 10.3 Å². The summed E-state index contributed by atoms with van der Waals surface area (Å²) in [5.41, 5.74) is 6.04. The van der Waals surface area contributed by atoms with E-state index in [0.29, 0.717) is 5.92 Å². The van der Waals surface area contributed by atoms with Crippen molar-refractivity contribution >= 4 is 18.3 Å². The Morgan fingerprint density at radius 3 is 2.35 bits per heavy atom. The van der Waals surface area contributed by atoms with E-state index in [1.54, 1.807) is 6.92 Å². The number of nitrogens with two attached hydrogens (primary N) is 1. The fourth-order valence-electron chi connectivity index (χ4n) is 2.12. The lowest BCUT2D eigenvalue weighted by atomic mass is 9.91. The van der Waals surface area contributed by atoms with Gasteiger partial charge < -0.3 is 11.1 Å². The molecule has 0 aromatic heterocycles. The standard InChI is InChI=1S/C16H26N2O.ClH/c1-5-12(2)11-13(3)18-15(19)16(4,17)14-9-7-6-8-10-14;/h6-10,12-13H,5,11,17H2,1-4H3,(H,18,19);1H. The Bertz CT molecular complexity index is 406. The molecule has 0 fully saturated rings. The highest BCUT2D eigenvalue weighted by atomic mass is 35.5. The first-order chi connectivity index (χ1) is 8.87. The Hall–Kier alpha value is -1.06. The maximum atomic E-state index is 12.3. The Labute approximate surface area is 128 Å². The number of benzene rings is 1. The zero-order valence-corrected chi connectivity index (χ0v) is 13.7. The molecule has 0 aliphatic carbocycles. The summed E-state index contributed by atoms with van der Waals surface area (Å²) in [6, 6.07) is 9.64. The van der Waals surface area contributed by atoms with Gasteiger partial charge in [0.15, 0.2) is 0 Å². The van der Waals surface area contributed by atoms with Crippen molar-refractivity contribution in [2.45, 2.75) is 52.1 Å². The molecule has 1 amide bonds. The van der Waals surface area contributed by atoms with Crippen molar-refractivity contribution < 1.29 is 4.79 Å². The van der Waals surface area contributed by atoms with Gasteiger partial charge in [-0.1, -0.05) is 50.6 Å². The zero-order chi connectivity index (χ0) is 14.5. The molecular formula is C16H27ClN2O. The van der Waals surface area contributed by atoms with Gasteiger partial charge in [0, 0.05) is 6.04 Å². The van der Waals surface area contributed by atoms with Gasteiger partial charge in [0.2, 0.25) is 5.91 Å². The average Bonchev–Trinajstić information content (AvgIpc) is 2.39. The Morgan fingerprint density at radius 2 is 1.85 bits per heavy atom. The number of nitrogens with one attached hydrogen (secondary N) is 1. The molecule has 4 heteroatoms. The molecule has 0 radical (unpaired) electrons. The van der Waals surface area contributed by atoms with Gasteiger partial charge in [-0.05, 0) is 31.7 Å². The van der Waals surface area contributed by atoms with E-state index in [4.69, 9.17) is 5.73 Å². The van der Waals surface area contributed by atoms with Gasteiger partial charge in [0.05, 0.1) is 0 Å². The van der Waals surface area contributed by atoms with E-state index in [1.807, 2.05) is 37.3 Å². The van der Waals surface area contributed by atoms with Crippen LogP contribution in [0.5, 0.6) is 0 Å². The van der Waals surface area contributed by atoms with Crippen LogP contribution in [-0.4, -0.2) is 11.9 Å². The molecule has 0 aliphatic rings. The van der Waals surface area contributed by atoms with Crippen LogP contribution < -0.4 is 11.1 Å². The smallest absolute Gasteiger partial charge is 0.244 e. The Morgan fingerprint density at radius 1 is 1.30 bits per heavy atom. The minimum absolute atomic E-state index is 0. The minimum Gasteiger partial charge on any atom is -0.352 e. The summed E-state index contributed by atoms with van der Waals surface area (Å²) in [7, 11) is 0. The number of hydrogen-bond acceptors (Lipinski definition) is 2. The predicted octanol–water partition coefficient (Wildman–Crippen LogP) is 3.22. The predicted molar refractivity (Wildman–Crippen MR) is 86.9 cm³/mol. The number of amides is 1. The first-order valence-corrected chi connectivity index (χ1v) is 7.03. The summed E-state index contributed by atoms with van der Waals surface area (Å²) in [5, 5.41) is 3.02. The highest BCUT2D eigenvalue weighted by Crippen LogP contribution is 2.18. The SMILES string of the molecule is CCC(C)CC(C)NC(=O)C(C)(N)c1ccccc1.Cl. The molecule has 0 spiro atoms. The fraction of sp³-hybridized carbons (Fsp3) is 0.562. The molecule has 1 aromatic carbocycles. The van der Waals surface area contributed by atoms with Gasteiger partial charge in [0.25, 0.3) is 0 Å². The molecule has 0 saturated carbocycles. The van der Waals surface area contributed by atoms with E-state index < -0.39 is 5.54 Å². The second-order valence-electron chi connectivity index (χ2n) is 5.69. The van der Waals surface area contributed by atoms with Crippen LogP contribution >= 0.6 is 12.4 Å². The quantitative estimate of drug-likeness (QED) is 0.847. The molecule has 3 nitrogen and oxygen atoms in total. The van der Waals surface area contributed by atoms with Crippen LogP contribution in [0.1, 0.15) is 46.1 Å². The van der Waals surface area contributed by atoms with Gasteiger partial charge in [-0.15, -0.1) is 12.4 Å². The first-order valence-electron chi connectivity index (χ1n) is 7.03. The lowest BCUT2D eigenvalue weighted by molar-refractivity contribution is -0.126. The van der Waals surface area contributed by atoms with E-state index in [2.05, 4.69) is 19.2 Å². The van der Waals surface area contributed by atoms with Crippen molar-refractivity contribution in [2.75, 3.05) is 0 Å². The molecule has 20 heavy (non-hydrogen) atoms. The highest BCUT2D eigenvalue weighted by molar-refractivity contribution is 5.87. The van der Waals surface area contributed by atoms with E-state index >= 15 is 0 Å². The molecule has 0 heterocycles. The summed E-state index contributed by atoms with van der Waals surface area (Å²) >= 11 is 0. The largest absolute Gasteiger partial charge is 0.352 e. The zero-order valence-electron chi connectivity index (χ0n) is 12.8. The van der Waals surface area contributed by atoms with Crippen molar-refractivity contribution in [3.63, 3.8) is 0 Å². The van der Waals surface area contributed by atoms with Crippen molar-refractivity contribution in [2.24, 2.45) is 11.7 Å². The third-order valence-corrected chi connectivity index (χ3v) is 3.68. The normalized spacial score (nSPS) is 16.4. The van der Waals surface area contributed by atoms with Gasteiger partial charge in [-0.3, -0.25) is 4.79 Å². The second-order valence-corrected chi connectivity index (χ2v) is 5.69. The third-order valence-electron chi connectivity index (χ3n) is 3.68. The molecular weight excluding hydrogens is 272 g/mol. The van der Waals surface area contributed by atoms with Crippen LogP contribution in [0.15, 0.2) is 30.3 Å². The topological polar surface area (TPSA) is 55.1 Å². The van der Waals surface area contributed by atoms with Gasteiger partial charge in [-0.2, -0.15) is 0 Å². The molecule has 0 bridgehead atoms. The van der Waals surface area contributed by atoms with Crippen LogP contribution in [0.4, 0.5) is 0 Å². The van der Waals surface area contributed by atoms with E-state index in [1.165, 1.54) is 0 Å². The lowest BCUT2D eigenvalue weighted by Gasteiger charge is -2.27. The Kier molecular flexibility index (Phi) is 7.84. The number of carbonyl (C=O) groups is 1. The summed E-state index contributed by atoms with van der Waals surface area (Å²) in [5.74, 6) is 0.491. The van der Waals surface area contributed by atoms with E-state index in [9.17, 15) is 4.79 Å². The number of carbonyl (C=O) groups excluding carboxylic acids is 1. The minimum atomic E-state index is -0.981. The van der Waals surface area contributed by atoms with Crippen molar-refractivity contribution in [3.8, 4) is 0 Å². The first kappa shape index (κ1) is 18.9. The summed E-state index contributed by atoms with van der Waals surface area (Å²) in [4.78, 5) is 12.3. The summed E-state index contributed by atoms with van der Waals surface area (Å²) in [6.07, 6.45) is 2.10. The van der Waals surface area contributed by atoms with Gasteiger partial charge >= 0.3 is 0 Å². The van der Waals surface area contributed by atoms with Crippen LogP contribution in [0, 0.1) is 5.92 Å². The van der Waals surface area contributed by atoms with Crippen molar-refractivity contribution in [3.05, 3.63) is 35.9 Å². The average molecular weight is 299 g/mol.